The Morgan fingerprint density at radius 3 is 2.32 bits per heavy atom. The molecule has 5 rings (SSSR count). The number of benzene rings is 2. The van der Waals surface area contributed by atoms with Gasteiger partial charge >= 0.3 is 6.03 Å². The zero-order valence-electron chi connectivity index (χ0n) is 23.0. The van der Waals surface area contributed by atoms with E-state index < -0.39 is 40.0 Å². The number of hydrogen-bond donors (Lipinski definition) is 1. The maximum absolute atomic E-state index is 13.4. The Hall–Kier alpha value is -4.04. The molecule has 0 radical (unpaired) electrons. The van der Waals surface area contributed by atoms with E-state index in [1.807, 2.05) is 0 Å². The van der Waals surface area contributed by atoms with Crippen molar-refractivity contribution in [3.63, 3.8) is 0 Å². The van der Waals surface area contributed by atoms with Crippen molar-refractivity contribution in [1.82, 2.24) is 19.4 Å². The molecule has 2 fully saturated rings. The molecule has 2 saturated heterocycles. The average Bonchev–Trinajstić information content (AvgIpc) is 3.12. The number of nitrogens with one attached hydrogen (secondary N) is 1. The van der Waals surface area contributed by atoms with Crippen LogP contribution in [-0.2, 0) is 25.2 Å². The highest BCUT2D eigenvalue weighted by Crippen LogP contribution is 2.37. The van der Waals surface area contributed by atoms with Crippen molar-refractivity contribution in [3.8, 4) is 23.0 Å². The molecule has 1 atom stereocenters. The summed E-state index contributed by atoms with van der Waals surface area (Å²) in [7, 11) is -0.971. The van der Waals surface area contributed by atoms with Crippen LogP contribution in [0, 0.1) is 0 Å². The second kappa shape index (κ2) is 11.1. The molecule has 3 aliphatic heterocycles. The number of sulfonamides is 1. The van der Waals surface area contributed by atoms with E-state index in [9.17, 15) is 22.8 Å². The van der Waals surface area contributed by atoms with Gasteiger partial charge in [-0.05, 0) is 36.8 Å². The first-order valence-corrected chi connectivity index (χ1v) is 14.6. The molecular weight excluding hydrogens is 556 g/mol. The number of carbonyl (C=O) groups is 3. The fraction of sp³-hybridized carbons (Fsp3) is 0.444. The van der Waals surface area contributed by atoms with Gasteiger partial charge in [-0.2, -0.15) is 4.31 Å². The molecule has 41 heavy (non-hydrogen) atoms. The third kappa shape index (κ3) is 5.24. The molecule has 0 bridgehead atoms. The number of rotatable bonds is 7. The monoisotopic (exact) mass is 588 g/mol. The summed E-state index contributed by atoms with van der Waals surface area (Å²) >= 11 is 0. The first kappa shape index (κ1) is 28.5. The van der Waals surface area contributed by atoms with Gasteiger partial charge in [-0.1, -0.05) is 6.07 Å². The number of hydrogen-bond acceptors (Lipinski definition) is 9. The molecule has 2 aromatic carbocycles. The van der Waals surface area contributed by atoms with Crippen LogP contribution in [0.15, 0.2) is 41.3 Å². The number of carbonyl (C=O) groups excluding carboxylic acids is 3. The van der Waals surface area contributed by atoms with Crippen LogP contribution in [0.3, 0.4) is 0 Å². The lowest BCUT2D eigenvalue weighted by Gasteiger charge is -2.34. The third-order valence-corrected chi connectivity index (χ3v) is 9.37. The van der Waals surface area contributed by atoms with Crippen LogP contribution in [0.4, 0.5) is 4.79 Å². The van der Waals surface area contributed by atoms with Crippen molar-refractivity contribution in [2.45, 2.75) is 23.8 Å². The van der Waals surface area contributed by atoms with E-state index in [0.717, 1.165) is 11.3 Å². The van der Waals surface area contributed by atoms with Crippen molar-refractivity contribution >= 4 is 27.9 Å². The number of nitrogens with zero attached hydrogens (tertiary/aromatic N) is 3. The van der Waals surface area contributed by atoms with Crippen molar-refractivity contribution in [2.75, 3.05) is 60.2 Å². The Bertz CT molecular complexity index is 1470. The van der Waals surface area contributed by atoms with Gasteiger partial charge in [-0.25, -0.2) is 13.2 Å². The number of urea groups is 1. The lowest BCUT2D eigenvalue weighted by molar-refractivity contribution is -0.139. The second-order valence-electron chi connectivity index (χ2n) is 9.96. The molecule has 14 heteroatoms. The van der Waals surface area contributed by atoms with Crippen LogP contribution >= 0.6 is 0 Å². The average molecular weight is 589 g/mol. The maximum atomic E-state index is 13.4. The van der Waals surface area contributed by atoms with Crippen molar-refractivity contribution < 1.29 is 41.7 Å². The third-order valence-electron chi connectivity index (χ3n) is 7.48. The number of fused-ring (bicyclic) bond motifs is 1. The van der Waals surface area contributed by atoms with Crippen molar-refractivity contribution in [3.05, 3.63) is 42.0 Å². The topological polar surface area (TPSA) is 144 Å². The molecule has 3 aliphatic rings. The minimum absolute atomic E-state index is 0.0447. The van der Waals surface area contributed by atoms with E-state index in [2.05, 4.69) is 5.32 Å². The highest BCUT2D eigenvalue weighted by Gasteiger charge is 2.50. The van der Waals surface area contributed by atoms with Gasteiger partial charge in [-0.3, -0.25) is 14.5 Å². The van der Waals surface area contributed by atoms with Crippen LogP contribution in [-0.4, -0.2) is 101 Å². The number of ether oxygens (including phenoxy) is 4. The first-order chi connectivity index (χ1) is 19.6. The molecule has 220 valence electrons. The molecule has 0 aromatic heterocycles. The maximum Gasteiger partial charge on any atom is 0.325 e. The summed E-state index contributed by atoms with van der Waals surface area (Å²) in [4.78, 5) is 41.8. The number of piperazine rings is 1. The smallest absolute Gasteiger partial charge is 0.325 e. The minimum Gasteiger partial charge on any atom is -0.493 e. The summed E-state index contributed by atoms with van der Waals surface area (Å²) in [5, 5.41) is 2.70. The Morgan fingerprint density at radius 2 is 1.63 bits per heavy atom. The van der Waals surface area contributed by atoms with Gasteiger partial charge in [0.15, 0.2) is 23.0 Å². The van der Waals surface area contributed by atoms with Crippen molar-refractivity contribution in [2.24, 2.45) is 0 Å². The summed E-state index contributed by atoms with van der Waals surface area (Å²) in [6.45, 7) is 2.42. The number of methoxy groups -OCH3 is 2. The van der Waals surface area contributed by atoms with Gasteiger partial charge in [0.1, 0.15) is 12.1 Å². The molecule has 4 amide bonds. The van der Waals surface area contributed by atoms with E-state index in [0.29, 0.717) is 36.0 Å². The van der Waals surface area contributed by atoms with Crippen LogP contribution in [0.5, 0.6) is 23.0 Å². The molecule has 0 saturated carbocycles. The first-order valence-electron chi connectivity index (χ1n) is 13.1. The summed E-state index contributed by atoms with van der Waals surface area (Å²) in [6.07, 6.45) is 0.725. The van der Waals surface area contributed by atoms with Crippen LogP contribution in [0.2, 0.25) is 0 Å². The van der Waals surface area contributed by atoms with Crippen LogP contribution in [0.1, 0.15) is 18.9 Å². The summed E-state index contributed by atoms with van der Waals surface area (Å²) in [6, 6.07) is 8.72. The molecule has 1 N–H and O–H groups in total. The van der Waals surface area contributed by atoms with E-state index >= 15 is 0 Å². The predicted molar refractivity (Wildman–Crippen MR) is 145 cm³/mol. The summed E-state index contributed by atoms with van der Waals surface area (Å²) < 4.78 is 49.5. The van der Waals surface area contributed by atoms with Crippen LogP contribution in [0.25, 0.3) is 0 Å². The lowest BCUT2D eigenvalue weighted by Crippen LogP contribution is -2.53. The highest BCUT2D eigenvalue weighted by molar-refractivity contribution is 7.89. The van der Waals surface area contributed by atoms with Crippen molar-refractivity contribution in [1.29, 1.82) is 0 Å². The van der Waals surface area contributed by atoms with Gasteiger partial charge in [0.05, 0.1) is 32.3 Å². The number of imide groups is 1. The minimum atomic E-state index is -3.85. The zero-order valence-corrected chi connectivity index (χ0v) is 23.9. The SMILES string of the molecule is COc1ccc(S(=O)(=O)N2CCN(C(=O)CN3C(=O)N[C@](C)(c4ccc5c(c4)OCCCO5)C3=O)CC2)cc1OC. The standard InChI is InChI=1S/C27H32N4O9S/c1-27(18-5-7-21-23(15-18)40-14-4-13-39-21)25(33)31(26(34)28-27)17-24(32)29-9-11-30(12-10-29)41(35,36)19-6-8-20(37-2)22(16-19)38-3/h5-8,15-16H,4,9-14,17H2,1-3H3,(H,28,34)/t27-/m1/s1. The predicted octanol–water partition coefficient (Wildman–Crippen LogP) is 1.17. The fourth-order valence-electron chi connectivity index (χ4n) is 5.05. The molecule has 2 aromatic rings. The quantitative estimate of drug-likeness (QED) is 0.471. The highest BCUT2D eigenvalue weighted by atomic mass is 32.2. The van der Waals surface area contributed by atoms with Gasteiger partial charge in [0, 0.05) is 38.7 Å². The van der Waals surface area contributed by atoms with Gasteiger partial charge in [0.2, 0.25) is 15.9 Å². The van der Waals surface area contributed by atoms with E-state index in [1.54, 1.807) is 25.1 Å². The summed E-state index contributed by atoms with van der Waals surface area (Å²) in [5.74, 6) is 0.710. The van der Waals surface area contributed by atoms with E-state index in [1.165, 1.54) is 41.6 Å². The van der Waals surface area contributed by atoms with E-state index in [4.69, 9.17) is 18.9 Å². The molecule has 0 aliphatic carbocycles. The molecule has 13 nitrogen and oxygen atoms in total. The molecule has 0 spiro atoms. The zero-order chi connectivity index (χ0) is 29.4. The largest absolute Gasteiger partial charge is 0.493 e. The lowest BCUT2D eigenvalue weighted by atomic mass is 9.91. The summed E-state index contributed by atoms with van der Waals surface area (Å²) in [5.41, 5.74) is -0.891. The normalized spacial score (nSPS) is 21.3. The Kier molecular flexibility index (Phi) is 7.70. The Labute approximate surface area is 237 Å². The van der Waals surface area contributed by atoms with Gasteiger partial charge in [0.25, 0.3) is 5.91 Å². The molecule has 0 unspecified atom stereocenters. The van der Waals surface area contributed by atoms with Crippen LogP contribution < -0.4 is 24.3 Å². The van der Waals surface area contributed by atoms with Gasteiger partial charge in [-0.15, -0.1) is 0 Å². The molecule has 3 heterocycles. The molecular formula is C27H32N4O9S. The van der Waals surface area contributed by atoms with E-state index in [-0.39, 0.29) is 36.8 Å². The fourth-order valence-corrected chi connectivity index (χ4v) is 6.49. The van der Waals surface area contributed by atoms with Gasteiger partial charge < -0.3 is 29.2 Å². The second-order valence-corrected chi connectivity index (χ2v) is 11.9. The Balaban J connectivity index is 1.23. The Morgan fingerprint density at radius 1 is 0.951 bits per heavy atom. The number of amides is 4.